The van der Waals surface area contributed by atoms with E-state index in [2.05, 4.69) is 10.5 Å². The van der Waals surface area contributed by atoms with Crippen LogP contribution in [0.3, 0.4) is 0 Å². The summed E-state index contributed by atoms with van der Waals surface area (Å²) in [6, 6.07) is 16.9. The summed E-state index contributed by atoms with van der Waals surface area (Å²) in [4.78, 5) is 24.4. The molecule has 0 aliphatic carbocycles. The van der Waals surface area contributed by atoms with Crippen LogP contribution in [0, 0.1) is 0 Å². The van der Waals surface area contributed by atoms with Gasteiger partial charge in [-0.1, -0.05) is 29.8 Å². The maximum atomic E-state index is 12.1. The number of benzene rings is 2. The number of esters is 1. The van der Waals surface area contributed by atoms with Crippen LogP contribution < -0.4 is 10.2 Å². The largest absolute Gasteiger partial charge is 0.423 e. The third kappa shape index (κ3) is 4.56. The van der Waals surface area contributed by atoms with Crippen molar-refractivity contribution in [2.75, 3.05) is 0 Å². The summed E-state index contributed by atoms with van der Waals surface area (Å²) < 4.78 is 5.29. The van der Waals surface area contributed by atoms with Gasteiger partial charge < -0.3 is 4.74 Å². The first-order valence-corrected chi connectivity index (χ1v) is 8.83. The highest BCUT2D eigenvalue weighted by Gasteiger charge is 2.11. The lowest BCUT2D eigenvalue weighted by atomic mass is 10.2. The molecule has 26 heavy (non-hydrogen) atoms. The molecule has 3 rings (SSSR count). The highest BCUT2D eigenvalue weighted by Crippen LogP contribution is 2.19. The molecule has 0 fully saturated rings. The van der Waals surface area contributed by atoms with E-state index in [1.54, 1.807) is 60.7 Å². The lowest BCUT2D eigenvalue weighted by Gasteiger charge is -2.05. The molecule has 0 saturated carbocycles. The number of hydrogen-bond donors (Lipinski definition) is 1. The number of carbonyl (C=O) groups is 2. The first kappa shape index (κ1) is 17.8. The van der Waals surface area contributed by atoms with Gasteiger partial charge in [-0.25, -0.2) is 10.2 Å². The summed E-state index contributed by atoms with van der Waals surface area (Å²) in [5, 5.41) is 6.06. The van der Waals surface area contributed by atoms with Gasteiger partial charge in [-0.05, 0) is 53.4 Å². The molecule has 1 heterocycles. The van der Waals surface area contributed by atoms with Crippen LogP contribution in [0.1, 0.15) is 25.6 Å². The fraction of sp³-hybridized carbons (Fsp3) is 0. The van der Waals surface area contributed by atoms with E-state index >= 15 is 0 Å². The Morgan fingerprint density at radius 3 is 2.50 bits per heavy atom. The first-order valence-electron chi connectivity index (χ1n) is 7.57. The molecule has 2 aromatic carbocycles. The summed E-state index contributed by atoms with van der Waals surface area (Å²) >= 11 is 7.32. The van der Waals surface area contributed by atoms with Crippen LogP contribution in [0.4, 0.5) is 0 Å². The molecule has 7 heteroatoms. The Balaban J connectivity index is 1.58. The number of amides is 1. The Labute approximate surface area is 158 Å². The topological polar surface area (TPSA) is 67.8 Å². The SMILES string of the molecule is O=C(NN=Cc1ccc(OC(=O)c2ccccc2Cl)cc1)c1cccs1. The molecule has 0 spiro atoms. The minimum absolute atomic E-state index is 0.262. The summed E-state index contributed by atoms with van der Waals surface area (Å²) in [5.41, 5.74) is 3.50. The summed E-state index contributed by atoms with van der Waals surface area (Å²) in [6.45, 7) is 0. The van der Waals surface area contributed by atoms with Crippen molar-refractivity contribution < 1.29 is 14.3 Å². The molecule has 0 aliphatic rings. The highest BCUT2D eigenvalue weighted by atomic mass is 35.5. The molecule has 0 bridgehead atoms. The van der Waals surface area contributed by atoms with Crippen LogP contribution >= 0.6 is 22.9 Å². The Kier molecular flexibility index (Phi) is 5.78. The average molecular weight is 385 g/mol. The van der Waals surface area contributed by atoms with E-state index in [4.69, 9.17) is 16.3 Å². The van der Waals surface area contributed by atoms with Crippen LogP contribution in [0.15, 0.2) is 71.1 Å². The highest BCUT2D eigenvalue weighted by molar-refractivity contribution is 7.12. The minimum atomic E-state index is -0.528. The maximum Gasteiger partial charge on any atom is 0.345 e. The van der Waals surface area contributed by atoms with Gasteiger partial charge in [0, 0.05) is 0 Å². The molecular weight excluding hydrogens is 372 g/mol. The van der Waals surface area contributed by atoms with Crippen molar-refractivity contribution in [3.05, 3.63) is 87.1 Å². The quantitative estimate of drug-likeness (QED) is 0.307. The maximum absolute atomic E-state index is 12.1. The fourth-order valence-corrected chi connectivity index (χ4v) is 2.87. The lowest BCUT2D eigenvalue weighted by Crippen LogP contribution is -2.16. The third-order valence-electron chi connectivity index (χ3n) is 3.31. The molecule has 130 valence electrons. The van der Waals surface area contributed by atoms with Gasteiger partial charge in [0.2, 0.25) is 0 Å². The molecule has 0 saturated heterocycles. The van der Waals surface area contributed by atoms with Gasteiger partial charge in [0.1, 0.15) is 5.75 Å². The molecule has 1 N–H and O–H groups in total. The van der Waals surface area contributed by atoms with E-state index in [1.807, 2.05) is 5.38 Å². The minimum Gasteiger partial charge on any atom is -0.423 e. The predicted octanol–water partition coefficient (Wildman–Crippen LogP) is 4.38. The number of hydrazone groups is 1. The number of halogens is 1. The number of carbonyl (C=O) groups excluding carboxylic acids is 2. The number of rotatable bonds is 5. The van der Waals surface area contributed by atoms with Crippen LogP contribution in [-0.2, 0) is 0 Å². The van der Waals surface area contributed by atoms with Crippen molar-refractivity contribution >= 4 is 41.0 Å². The fourth-order valence-electron chi connectivity index (χ4n) is 2.04. The van der Waals surface area contributed by atoms with Crippen LogP contribution in [0.25, 0.3) is 0 Å². The van der Waals surface area contributed by atoms with Crippen molar-refractivity contribution in [1.82, 2.24) is 5.43 Å². The van der Waals surface area contributed by atoms with Gasteiger partial charge in [-0.2, -0.15) is 5.10 Å². The van der Waals surface area contributed by atoms with Crippen molar-refractivity contribution in [3.63, 3.8) is 0 Å². The van der Waals surface area contributed by atoms with E-state index in [9.17, 15) is 9.59 Å². The zero-order valence-corrected chi connectivity index (χ0v) is 15.0. The lowest BCUT2D eigenvalue weighted by molar-refractivity contribution is 0.0734. The molecule has 0 radical (unpaired) electrons. The van der Waals surface area contributed by atoms with Gasteiger partial charge >= 0.3 is 5.97 Å². The molecule has 0 aliphatic heterocycles. The molecule has 0 unspecified atom stereocenters. The molecule has 5 nitrogen and oxygen atoms in total. The van der Waals surface area contributed by atoms with E-state index in [-0.39, 0.29) is 5.91 Å². The number of ether oxygens (including phenoxy) is 1. The Morgan fingerprint density at radius 2 is 1.81 bits per heavy atom. The van der Waals surface area contributed by atoms with Crippen molar-refractivity contribution in [1.29, 1.82) is 0 Å². The Bertz CT molecular complexity index is 938. The summed E-state index contributed by atoms with van der Waals surface area (Å²) in [7, 11) is 0. The van der Waals surface area contributed by atoms with Gasteiger partial charge in [0.25, 0.3) is 5.91 Å². The molecule has 1 aromatic heterocycles. The molecular formula is C19H13ClN2O3S. The number of thiophene rings is 1. The molecule has 3 aromatic rings. The molecule has 1 amide bonds. The third-order valence-corrected chi connectivity index (χ3v) is 4.51. The number of hydrogen-bond acceptors (Lipinski definition) is 5. The second-order valence-corrected chi connectivity index (χ2v) is 6.47. The standard InChI is InChI=1S/C19H13ClN2O3S/c20-16-5-2-1-4-15(16)19(24)25-14-9-7-13(8-10-14)12-21-22-18(23)17-6-3-11-26-17/h1-12H,(H,22,23). The van der Waals surface area contributed by atoms with Crippen molar-refractivity contribution in [2.24, 2.45) is 5.10 Å². The van der Waals surface area contributed by atoms with Gasteiger partial charge in [0.05, 0.1) is 21.7 Å². The summed E-state index contributed by atoms with van der Waals surface area (Å²) in [6.07, 6.45) is 1.51. The normalized spacial score (nSPS) is 10.7. The smallest absolute Gasteiger partial charge is 0.345 e. The second kappa shape index (κ2) is 8.42. The monoisotopic (exact) mass is 384 g/mol. The van der Waals surface area contributed by atoms with Gasteiger partial charge in [0.15, 0.2) is 0 Å². The van der Waals surface area contributed by atoms with Crippen LogP contribution in [0.2, 0.25) is 5.02 Å². The second-order valence-electron chi connectivity index (χ2n) is 5.11. The van der Waals surface area contributed by atoms with Gasteiger partial charge in [-0.3, -0.25) is 4.79 Å². The van der Waals surface area contributed by atoms with E-state index in [0.717, 1.165) is 5.56 Å². The predicted molar refractivity (Wildman–Crippen MR) is 102 cm³/mol. The zero-order chi connectivity index (χ0) is 18.4. The van der Waals surface area contributed by atoms with Crippen molar-refractivity contribution in [2.45, 2.75) is 0 Å². The number of nitrogens with one attached hydrogen (secondary N) is 1. The van der Waals surface area contributed by atoms with E-state index in [1.165, 1.54) is 17.6 Å². The van der Waals surface area contributed by atoms with Gasteiger partial charge in [-0.15, -0.1) is 11.3 Å². The average Bonchev–Trinajstić information content (AvgIpc) is 3.18. The van der Waals surface area contributed by atoms with E-state index in [0.29, 0.717) is 21.2 Å². The van der Waals surface area contributed by atoms with Crippen LogP contribution in [0.5, 0.6) is 5.75 Å². The Hall–Kier alpha value is -2.96. The van der Waals surface area contributed by atoms with E-state index < -0.39 is 5.97 Å². The van der Waals surface area contributed by atoms with Crippen molar-refractivity contribution in [3.8, 4) is 5.75 Å². The molecule has 0 atom stereocenters. The van der Waals surface area contributed by atoms with Crippen LogP contribution in [-0.4, -0.2) is 18.1 Å². The number of nitrogens with zero attached hydrogens (tertiary/aromatic N) is 1. The Morgan fingerprint density at radius 1 is 1.04 bits per heavy atom. The first-order chi connectivity index (χ1) is 12.6. The summed E-state index contributed by atoms with van der Waals surface area (Å²) in [5.74, 6) is -0.406. The zero-order valence-electron chi connectivity index (χ0n) is 13.4.